The van der Waals surface area contributed by atoms with Crippen LogP contribution < -0.4 is 0 Å². The van der Waals surface area contributed by atoms with Crippen LogP contribution in [0.1, 0.15) is 33.3 Å². The fourth-order valence-corrected chi connectivity index (χ4v) is 1.88. The number of Topliss-reactive ketones (excluding diaryl/α,β-unsaturated/α-hetero) is 1. The fourth-order valence-electron chi connectivity index (χ4n) is 1.72. The number of benzene rings is 1. The van der Waals surface area contributed by atoms with E-state index < -0.39 is 12.1 Å². The van der Waals surface area contributed by atoms with Gasteiger partial charge in [-0.05, 0) is 19.9 Å². The zero-order valence-corrected chi connectivity index (χ0v) is 11.9. The van der Waals surface area contributed by atoms with Crippen molar-refractivity contribution in [1.82, 2.24) is 4.98 Å². The van der Waals surface area contributed by atoms with E-state index in [2.05, 4.69) is 4.98 Å². The number of carbonyl (C=O) groups excluding carboxylic acids is 2. The second-order valence-electron chi connectivity index (χ2n) is 4.51. The molecule has 1 N–H and O–H groups in total. The summed E-state index contributed by atoms with van der Waals surface area (Å²) in [6.45, 7) is 3.48. The van der Waals surface area contributed by atoms with Crippen LogP contribution in [0.5, 0.6) is 0 Å². The predicted molar refractivity (Wildman–Crippen MR) is 76.2 cm³/mol. The largest absolute Gasteiger partial charge is 0.450 e. The molecule has 0 radical (unpaired) electrons. The van der Waals surface area contributed by atoms with Crippen LogP contribution in [0.15, 0.2) is 36.5 Å². The molecule has 104 valence electrons. The van der Waals surface area contributed by atoms with Gasteiger partial charge in [-0.25, -0.2) is 4.79 Å². The number of hydrogen-bond acceptors (Lipinski definition) is 3. The van der Waals surface area contributed by atoms with Crippen molar-refractivity contribution in [2.24, 2.45) is 0 Å². The highest BCUT2D eigenvalue weighted by molar-refractivity contribution is 6.30. The van der Waals surface area contributed by atoms with Crippen LogP contribution in [0.2, 0.25) is 5.02 Å². The van der Waals surface area contributed by atoms with Gasteiger partial charge in [-0.1, -0.05) is 41.4 Å². The van der Waals surface area contributed by atoms with Gasteiger partial charge in [0.2, 0.25) is 5.78 Å². The van der Waals surface area contributed by atoms with Crippen LogP contribution >= 0.6 is 11.6 Å². The van der Waals surface area contributed by atoms with Crippen LogP contribution in [0.3, 0.4) is 0 Å². The van der Waals surface area contributed by atoms with E-state index in [4.69, 9.17) is 16.3 Å². The van der Waals surface area contributed by atoms with Crippen LogP contribution in [0.4, 0.5) is 0 Å². The Hall–Kier alpha value is -2.07. The van der Waals surface area contributed by atoms with Gasteiger partial charge in [-0.2, -0.15) is 0 Å². The monoisotopic (exact) mass is 291 g/mol. The van der Waals surface area contributed by atoms with Crippen LogP contribution in [-0.2, 0) is 4.74 Å². The number of ether oxygens (including phenoxy) is 1. The molecular formula is C15H14ClNO3. The Balaban J connectivity index is 2.04. The van der Waals surface area contributed by atoms with Crippen molar-refractivity contribution in [3.63, 3.8) is 0 Å². The lowest BCUT2D eigenvalue weighted by atomic mass is 10.1. The van der Waals surface area contributed by atoms with E-state index in [0.717, 1.165) is 5.56 Å². The van der Waals surface area contributed by atoms with Gasteiger partial charge >= 0.3 is 5.97 Å². The summed E-state index contributed by atoms with van der Waals surface area (Å²) < 4.78 is 5.12. The standard InChI is InChI=1S/C15H14ClNO3/c1-9-3-5-11(6-4-9)14(18)10(2)20-15(19)13-7-12(16)8-17-13/h3-8,10,17H,1-2H3. The third kappa shape index (κ3) is 3.27. The number of aromatic amines is 1. The minimum absolute atomic E-state index is 0.221. The minimum atomic E-state index is -0.854. The van der Waals surface area contributed by atoms with Crippen molar-refractivity contribution in [2.75, 3.05) is 0 Å². The number of H-pyrrole nitrogens is 1. The van der Waals surface area contributed by atoms with Crippen molar-refractivity contribution in [2.45, 2.75) is 20.0 Å². The maximum absolute atomic E-state index is 12.1. The van der Waals surface area contributed by atoms with Gasteiger partial charge in [0.15, 0.2) is 6.10 Å². The first-order valence-corrected chi connectivity index (χ1v) is 6.51. The lowest BCUT2D eigenvalue weighted by molar-refractivity contribution is 0.0314. The van der Waals surface area contributed by atoms with Gasteiger partial charge in [-0.15, -0.1) is 0 Å². The van der Waals surface area contributed by atoms with E-state index in [0.29, 0.717) is 10.6 Å². The van der Waals surface area contributed by atoms with Crippen LogP contribution in [-0.4, -0.2) is 22.8 Å². The van der Waals surface area contributed by atoms with Crippen molar-refractivity contribution >= 4 is 23.4 Å². The van der Waals surface area contributed by atoms with Gasteiger partial charge in [0.25, 0.3) is 0 Å². The molecule has 1 aromatic heterocycles. The molecule has 4 nitrogen and oxygen atoms in total. The van der Waals surface area contributed by atoms with Gasteiger partial charge in [0.1, 0.15) is 5.69 Å². The number of ketones is 1. The summed E-state index contributed by atoms with van der Waals surface area (Å²) in [6.07, 6.45) is 0.622. The number of esters is 1. The zero-order valence-electron chi connectivity index (χ0n) is 11.1. The highest BCUT2D eigenvalue weighted by Crippen LogP contribution is 2.13. The van der Waals surface area contributed by atoms with E-state index in [-0.39, 0.29) is 11.5 Å². The maximum Gasteiger partial charge on any atom is 0.355 e. The summed E-state index contributed by atoms with van der Waals surface area (Å²) in [6, 6.07) is 8.56. The Bertz CT molecular complexity index is 631. The Morgan fingerprint density at radius 2 is 1.90 bits per heavy atom. The molecule has 1 atom stereocenters. The van der Waals surface area contributed by atoms with Crippen LogP contribution in [0.25, 0.3) is 0 Å². The predicted octanol–water partition coefficient (Wildman–Crippen LogP) is 3.40. The summed E-state index contributed by atoms with van der Waals surface area (Å²) in [5.41, 5.74) is 1.80. The van der Waals surface area contributed by atoms with E-state index in [9.17, 15) is 9.59 Å². The van der Waals surface area contributed by atoms with Crippen LogP contribution in [0, 0.1) is 6.92 Å². The third-order valence-corrected chi connectivity index (χ3v) is 3.08. The molecule has 1 heterocycles. The summed E-state index contributed by atoms with van der Waals surface area (Å²) >= 11 is 5.71. The highest BCUT2D eigenvalue weighted by Gasteiger charge is 2.21. The molecule has 0 spiro atoms. The molecule has 0 saturated carbocycles. The van der Waals surface area contributed by atoms with Gasteiger partial charge < -0.3 is 9.72 Å². The molecule has 2 rings (SSSR count). The highest BCUT2D eigenvalue weighted by atomic mass is 35.5. The molecule has 2 aromatic rings. The first kappa shape index (κ1) is 14.3. The molecule has 1 aromatic carbocycles. The Morgan fingerprint density at radius 1 is 1.25 bits per heavy atom. The number of hydrogen-bond donors (Lipinski definition) is 1. The topological polar surface area (TPSA) is 59.2 Å². The first-order valence-electron chi connectivity index (χ1n) is 6.13. The zero-order chi connectivity index (χ0) is 14.7. The Morgan fingerprint density at radius 3 is 2.45 bits per heavy atom. The molecule has 0 aliphatic heterocycles. The molecule has 1 unspecified atom stereocenters. The van der Waals surface area contributed by atoms with Crippen molar-refractivity contribution < 1.29 is 14.3 Å². The van der Waals surface area contributed by atoms with Gasteiger partial charge in [0.05, 0.1) is 5.02 Å². The minimum Gasteiger partial charge on any atom is -0.450 e. The summed E-state index contributed by atoms with van der Waals surface area (Å²) in [5, 5.41) is 0.412. The second-order valence-corrected chi connectivity index (χ2v) is 4.95. The van der Waals surface area contributed by atoms with Crippen molar-refractivity contribution in [3.05, 3.63) is 58.4 Å². The molecule has 20 heavy (non-hydrogen) atoms. The van der Waals surface area contributed by atoms with Crippen molar-refractivity contribution in [1.29, 1.82) is 0 Å². The summed E-state index contributed by atoms with van der Waals surface area (Å²) in [4.78, 5) is 26.6. The van der Waals surface area contributed by atoms with Gasteiger partial charge in [-0.3, -0.25) is 4.79 Å². The second kappa shape index (κ2) is 5.92. The van der Waals surface area contributed by atoms with E-state index >= 15 is 0 Å². The fraction of sp³-hybridized carbons (Fsp3) is 0.200. The van der Waals surface area contributed by atoms with E-state index in [1.807, 2.05) is 19.1 Å². The Kier molecular flexibility index (Phi) is 4.25. The number of halogens is 1. The number of aryl methyl sites for hydroxylation is 1. The maximum atomic E-state index is 12.1. The average molecular weight is 292 g/mol. The molecule has 5 heteroatoms. The molecule has 0 aliphatic rings. The summed E-state index contributed by atoms with van der Waals surface area (Å²) in [5.74, 6) is -0.846. The van der Waals surface area contributed by atoms with Gasteiger partial charge in [0, 0.05) is 11.8 Å². The molecule has 0 aliphatic carbocycles. The molecule has 0 bridgehead atoms. The Labute approximate surface area is 121 Å². The first-order chi connectivity index (χ1) is 9.47. The van der Waals surface area contributed by atoms with Crippen molar-refractivity contribution in [3.8, 4) is 0 Å². The average Bonchev–Trinajstić information content (AvgIpc) is 2.85. The number of aromatic nitrogens is 1. The number of carbonyl (C=O) groups is 2. The molecule has 0 fully saturated rings. The van der Waals surface area contributed by atoms with E-state index in [1.165, 1.54) is 12.3 Å². The normalized spacial score (nSPS) is 11.9. The molecular weight excluding hydrogens is 278 g/mol. The lowest BCUT2D eigenvalue weighted by Gasteiger charge is -2.11. The smallest absolute Gasteiger partial charge is 0.355 e. The SMILES string of the molecule is Cc1ccc(C(=O)C(C)OC(=O)c2cc(Cl)c[nH]2)cc1. The lowest BCUT2D eigenvalue weighted by Crippen LogP contribution is -2.24. The quantitative estimate of drug-likeness (QED) is 0.694. The molecule has 0 amide bonds. The number of rotatable bonds is 4. The molecule has 0 saturated heterocycles. The third-order valence-electron chi connectivity index (χ3n) is 2.86. The number of nitrogens with one attached hydrogen (secondary N) is 1. The van der Waals surface area contributed by atoms with E-state index in [1.54, 1.807) is 19.1 Å². The summed E-state index contributed by atoms with van der Waals surface area (Å²) in [7, 11) is 0.